The third kappa shape index (κ3) is 4.44. The minimum absolute atomic E-state index is 0.521. The summed E-state index contributed by atoms with van der Waals surface area (Å²) in [6.45, 7) is 6.88. The van der Waals surface area contributed by atoms with Crippen molar-refractivity contribution in [1.29, 1.82) is 0 Å². The van der Waals surface area contributed by atoms with Crippen molar-refractivity contribution in [3.8, 4) is 0 Å². The molecule has 2 amide bonds. The van der Waals surface area contributed by atoms with Gasteiger partial charge in [-0.3, -0.25) is 4.90 Å². The van der Waals surface area contributed by atoms with E-state index in [-0.39, 0.29) is 0 Å². The summed E-state index contributed by atoms with van der Waals surface area (Å²) >= 11 is 12.6. The smallest absolute Gasteiger partial charge is 0.316 e. The van der Waals surface area contributed by atoms with Gasteiger partial charge in [-0.2, -0.15) is 4.59 Å². The molecule has 1 aromatic carbocycles. The van der Waals surface area contributed by atoms with Crippen molar-refractivity contribution >= 4 is 41.1 Å². The normalized spacial score (nSPS) is 24.3. The van der Waals surface area contributed by atoms with E-state index in [2.05, 4.69) is 15.1 Å². The maximum Gasteiger partial charge on any atom is 0.316 e. The van der Waals surface area contributed by atoms with Gasteiger partial charge in [0.05, 0.1) is 15.7 Å². The van der Waals surface area contributed by atoms with Gasteiger partial charge in [-0.15, -0.1) is 0 Å². The number of halogens is 2. The first kappa shape index (κ1) is 21.4. The van der Waals surface area contributed by atoms with Crippen LogP contribution in [0.25, 0.3) is 0 Å². The predicted molar refractivity (Wildman–Crippen MR) is 122 cm³/mol. The molecule has 2 fully saturated rings. The number of carbonyl (C=O) groups excluding carboxylic acids is 1. The number of piperidine rings is 1. The number of carbonyl (C=O) groups is 1. The average molecular weight is 452 g/mol. The molecule has 0 radical (unpaired) electrons. The number of hydrogen-bond donors (Lipinski definition) is 2. The molecular weight excluding hydrogens is 423 g/mol. The van der Waals surface area contributed by atoms with Gasteiger partial charge in [-0.25, -0.2) is 4.79 Å². The number of fused-ring (bicyclic) bond motifs is 1. The summed E-state index contributed by atoms with van der Waals surface area (Å²) in [5.41, 5.74) is 8.36. The first-order chi connectivity index (χ1) is 14.5. The second-order valence-corrected chi connectivity index (χ2v) is 8.96. The van der Waals surface area contributed by atoms with Crippen molar-refractivity contribution in [3.63, 3.8) is 0 Å². The van der Waals surface area contributed by atoms with E-state index in [1.54, 1.807) is 6.21 Å². The van der Waals surface area contributed by atoms with Crippen molar-refractivity contribution in [2.24, 2.45) is 10.8 Å². The Bertz CT molecular complexity index is 865. The number of piperazine rings is 1. The number of allylic oxidation sites excluding steroid dienone is 2. The zero-order valence-corrected chi connectivity index (χ0v) is 18.6. The molecule has 1 unspecified atom stereocenters. The van der Waals surface area contributed by atoms with Crippen LogP contribution in [0, 0.1) is 0 Å². The van der Waals surface area contributed by atoms with Gasteiger partial charge in [0, 0.05) is 45.6 Å². The second kappa shape index (κ2) is 9.14. The largest absolute Gasteiger partial charge is 0.368 e. The summed E-state index contributed by atoms with van der Waals surface area (Å²) in [6, 6.07) is 5.29. The van der Waals surface area contributed by atoms with Crippen LogP contribution in [0.2, 0.25) is 10.0 Å². The Balaban J connectivity index is 1.30. The van der Waals surface area contributed by atoms with E-state index in [1.165, 1.54) is 5.70 Å². The summed E-state index contributed by atoms with van der Waals surface area (Å²) in [5, 5.41) is 8.79. The predicted octanol–water partition coefficient (Wildman–Crippen LogP) is 3.39. The highest BCUT2D eigenvalue weighted by molar-refractivity contribution is 6.43. The molecule has 0 aliphatic carbocycles. The summed E-state index contributed by atoms with van der Waals surface area (Å²) in [5.74, 6) is 0. The van der Waals surface area contributed by atoms with E-state index in [1.807, 2.05) is 18.2 Å². The fourth-order valence-corrected chi connectivity index (χ4v) is 5.20. The molecule has 0 spiro atoms. The lowest BCUT2D eigenvalue weighted by molar-refractivity contribution is -0.901. The van der Waals surface area contributed by atoms with E-state index in [4.69, 9.17) is 34.0 Å². The highest BCUT2D eigenvalue weighted by Gasteiger charge is 2.41. The zero-order chi connectivity index (χ0) is 21.1. The maximum absolute atomic E-state index is 11.3. The molecule has 9 heteroatoms. The Morgan fingerprint density at radius 3 is 2.77 bits per heavy atom. The van der Waals surface area contributed by atoms with Gasteiger partial charge in [-0.05, 0) is 25.0 Å². The third-order valence-electron chi connectivity index (χ3n) is 6.32. The van der Waals surface area contributed by atoms with Crippen LogP contribution < -0.4 is 16.0 Å². The third-order valence-corrected chi connectivity index (χ3v) is 7.13. The van der Waals surface area contributed by atoms with E-state index in [9.17, 15) is 4.79 Å². The monoisotopic (exact) mass is 451 g/mol. The molecule has 162 valence electrons. The fourth-order valence-electron chi connectivity index (χ4n) is 4.78. The topological polar surface area (TPSA) is 74.0 Å². The Hall–Kier alpha value is -1.80. The minimum Gasteiger partial charge on any atom is -0.368 e. The summed E-state index contributed by atoms with van der Waals surface area (Å²) < 4.78 is 0.633. The molecule has 3 N–H and O–H groups in total. The standard InChI is InChI=1S/C21H28Cl2N6O/c22-16-5-3-6-18(20(16)23)28-11-9-27(10-12-28)8-4-14-29-13-2-1-7-19(29)17(15-25-29)26-21(24)30/h3,5-6,15H,1-2,4,7-14H2,(H2-,24,26,30)/p+1. The first-order valence-electron chi connectivity index (χ1n) is 10.6. The Morgan fingerprint density at radius 1 is 1.20 bits per heavy atom. The molecule has 0 aromatic heterocycles. The van der Waals surface area contributed by atoms with Crippen LogP contribution in [-0.4, -0.2) is 67.6 Å². The maximum atomic E-state index is 11.3. The fraction of sp³-hybridized carbons (Fsp3) is 0.524. The number of quaternary nitrogens is 1. The van der Waals surface area contributed by atoms with Crippen molar-refractivity contribution in [2.75, 3.05) is 50.7 Å². The molecule has 1 aromatic rings. The zero-order valence-electron chi connectivity index (χ0n) is 17.1. The number of nitrogens with one attached hydrogen (secondary N) is 1. The highest BCUT2D eigenvalue weighted by Crippen LogP contribution is 2.36. The molecule has 1 atom stereocenters. The van der Waals surface area contributed by atoms with Gasteiger partial charge < -0.3 is 16.0 Å². The van der Waals surface area contributed by atoms with Crippen LogP contribution in [0.5, 0.6) is 0 Å². The molecule has 4 rings (SSSR count). The van der Waals surface area contributed by atoms with Crippen LogP contribution in [-0.2, 0) is 0 Å². The second-order valence-electron chi connectivity index (χ2n) is 8.18. The molecule has 2 saturated heterocycles. The Labute approximate surface area is 187 Å². The van der Waals surface area contributed by atoms with Gasteiger partial charge in [0.1, 0.15) is 25.0 Å². The number of anilines is 1. The number of nitrogens with zero attached hydrogens (tertiary/aromatic N) is 4. The van der Waals surface area contributed by atoms with Crippen molar-refractivity contribution in [1.82, 2.24) is 10.2 Å². The van der Waals surface area contributed by atoms with Crippen molar-refractivity contribution in [2.45, 2.75) is 25.7 Å². The van der Waals surface area contributed by atoms with Crippen LogP contribution in [0.4, 0.5) is 10.5 Å². The lowest BCUT2D eigenvalue weighted by Crippen LogP contribution is -2.49. The quantitative estimate of drug-likeness (QED) is 0.650. The van der Waals surface area contributed by atoms with E-state index < -0.39 is 6.03 Å². The number of urea groups is 1. The lowest BCUT2D eigenvalue weighted by Gasteiger charge is -2.38. The van der Waals surface area contributed by atoms with Crippen molar-refractivity contribution < 1.29 is 9.39 Å². The van der Waals surface area contributed by atoms with Gasteiger partial charge in [-0.1, -0.05) is 34.4 Å². The Kier molecular flexibility index (Phi) is 6.53. The Morgan fingerprint density at radius 2 is 2.00 bits per heavy atom. The molecule has 0 saturated carbocycles. The van der Waals surface area contributed by atoms with E-state index >= 15 is 0 Å². The summed E-state index contributed by atoms with van der Waals surface area (Å²) in [6.07, 6.45) is 6.11. The molecule has 3 heterocycles. The molecule has 30 heavy (non-hydrogen) atoms. The van der Waals surface area contributed by atoms with Crippen molar-refractivity contribution in [3.05, 3.63) is 39.6 Å². The molecule has 0 bridgehead atoms. The summed E-state index contributed by atoms with van der Waals surface area (Å²) in [7, 11) is 0. The van der Waals surface area contributed by atoms with Crippen LogP contribution in [0.1, 0.15) is 25.7 Å². The first-order valence-corrected chi connectivity index (χ1v) is 11.4. The molecule has 7 nitrogen and oxygen atoms in total. The van der Waals surface area contributed by atoms with Gasteiger partial charge >= 0.3 is 6.03 Å². The highest BCUT2D eigenvalue weighted by atomic mass is 35.5. The number of amides is 2. The number of rotatable bonds is 6. The van der Waals surface area contributed by atoms with E-state index in [0.29, 0.717) is 14.6 Å². The van der Waals surface area contributed by atoms with Gasteiger partial charge in [0.15, 0.2) is 5.70 Å². The van der Waals surface area contributed by atoms with Crippen LogP contribution in [0.15, 0.2) is 34.7 Å². The lowest BCUT2D eigenvalue weighted by atomic mass is 10.0. The molecular formula is C21H29Cl2N6O+. The average Bonchev–Trinajstić information content (AvgIpc) is 3.09. The summed E-state index contributed by atoms with van der Waals surface area (Å²) in [4.78, 5) is 16.1. The van der Waals surface area contributed by atoms with Crippen LogP contribution >= 0.6 is 23.2 Å². The SMILES string of the molecule is NC(=O)NC1=C2CCCC[N+]2(CCCN2CCN(c3cccc(Cl)c3Cl)CC2)N=C1. The number of benzene rings is 1. The van der Waals surface area contributed by atoms with Gasteiger partial charge in [0.25, 0.3) is 0 Å². The van der Waals surface area contributed by atoms with Gasteiger partial charge in [0.2, 0.25) is 0 Å². The number of primary amides is 1. The number of nitrogens with two attached hydrogens (primary N) is 1. The molecule has 3 aliphatic rings. The molecule has 3 aliphatic heterocycles. The van der Waals surface area contributed by atoms with E-state index in [0.717, 1.165) is 82.9 Å². The number of hydrogen-bond acceptors (Lipinski definition) is 4. The van der Waals surface area contributed by atoms with Crippen LogP contribution in [0.3, 0.4) is 0 Å². The minimum atomic E-state index is -0.521.